The van der Waals surface area contributed by atoms with E-state index in [0.717, 1.165) is 31.0 Å². The van der Waals surface area contributed by atoms with E-state index in [-0.39, 0.29) is 0 Å². The number of nitrogens with one attached hydrogen (secondary N) is 1. The first-order chi connectivity index (χ1) is 12.3. The lowest BCUT2D eigenvalue weighted by molar-refractivity contribution is 0.234. The molecule has 4 heteroatoms. The lowest BCUT2D eigenvalue weighted by Crippen LogP contribution is -2.42. The quantitative estimate of drug-likeness (QED) is 0.842. The molecule has 4 rings (SSSR count). The highest BCUT2D eigenvalue weighted by Gasteiger charge is 2.21. The fraction of sp³-hybridized carbons (Fsp3) is 0.381. The average molecular weight is 354 g/mol. The lowest BCUT2D eigenvalue weighted by Gasteiger charge is -2.34. The predicted octanol–water partition coefficient (Wildman–Crippen LogP) is 4.95. The van der Waals surface area contributed by atoms with E-state index in [1.54, 1.807) is 0 Å². The Labute approximate surface area is 154 Å². The van der Waals surface area contributed by atoms with Crippen LogP contribution in [-0.4, -0.2) is 35.6 Å². The molecule has 130 valence electrons. The summed E-state index contributed by atoms with van der Waals surface area (Å²) in [6.07, 6.45) is 12.8. The Morgan fingerprint density at radius 3 is 3.16 bits per heavy atom. The van der Waals surface area contributed by atoms with Crippen molar-refractivity contribution in [1.82, 2.24) is 9.88 Å². The van der Waals surface area contributed by atoms with Gasteiger partial charge in [-0.15, -0.1) is 0 Å². The molecule has 25 heavy (non-hydrogen) atoms. The molecule has 1 aromatic carbocycles. The van der Waals surface area contributed by atoms with Crippen LogP contribution in [0.2, 0.25) is 0 Å². The molecule has 1 aliphatic heterocycles. The monoisotopic (exact) mass is 353 g/mol. The number of allylic oxidation sites excluding steroid dienone is 2. The standard InChI is InChI=1S/C21H24ClN3/c22-18-6-1-4-16(12-18)14-25-11-3-7-19(15-25)24-21-8-2-5-17-13-23-10-9-20(17)21/h2,4-5,8-10,12-13,19,24H,1,3,6-7,11,14-15H2. The van der Waals surface area contributed by atoms with Crippen molar-refractivity contribution in [2.45, 2.75) is 31.7 Å². The molecule has 0 bridgehead atoms. The number of benzene rings is 1. The number of piperidine rings is 1. The highest BCUT2D eigenvalue weighted by Crippen LogP contribution is 2.26. The number of hydrogen-bond donors (Lipinski definition) is 1. The van der Waals surface area contributed by atoms with Crippen LogP contribution in [0.1, 0.15) is 25.7 Å². The van der Waals surface area contributed by atoms with Gasteiger partial charge in [-0.25, -0.2) is 0 Å². The van der Waals surface area contributed by atoms with Gasteiger partial charge in [0.05, 0.1) is 0 Å². The minimum Gasteiger partial charge on any atom is -0.381 e. The normalized spacial score (nSPS) is 21.7. The summed E-state index contributed by atoms with van der Waals surface area (Å²) in [5.41, 5.74) is 2.58. The smallest absolute Gasteiger partial charge is 0.0423 e. The van der Waals surface area contributed by atoms with E-state index < -0.39 is 0 Å². The van der Waals surface area contributed by atoms with Crippen molar-refractivity contribution in [3.05, 3.63) is 59.4 Å². The molecule has 1 unspecified atom stereocenters. The minimum atomic E-state index is 0.483. The zero-order chi connectivity index (χ0) is 17.1. The van der Waals surface area contributed by atoms with Gasteiger partial charge >= 0.3 is 0 Å². The highest BCUT2D eigenvalue weighted by molar-refractivity contribution is 6.29. The Balaban J connectivity index is 1.44. The number of likely N-dealkylation sites (tertiary alicyclic amines) is 1. The first-order valence-corrected chi connectivity index (χ1v) is 9.52. The Morgan fingerprint density at radius 1 is 1.28 bits per heavy atom. The summed E-state index contributed by atoms with van der Waals surface area (Å²) >= 11 is 6.20. The molecular weight excluding hydrogens is 330 g/mol. The van der Waals surface area contributed by atoms with Crippen LogP contribution < -0.4 is 5.32 Å². The maximum absolute atomic E-state index is 6.20. The third-order valence-corrected chi connectivity index (χ3v) is 5.38. The zero-order valence-corrected chi connectivity index (χ0v) is 15.2. The average Bonchev–Trinajstić information content (AvgIpc) is 2.62. The van der Waals surface area contributed by atoms with Crippen LogP contribution in [-0.2, 0) is 0 Å². The van der Waals surface area contributed by atoms with E-state index in [4.69, 9.17) is 11.6 Å². The van der Waals surface area contributed by atoms with E-state index in [9.17, 15) is 0 Å². The summed E-state index contributed by atoms with van der Waals surface area (Å²) in [5, 5.41) is 7.20. The molecule has 2 aliphatic rings. The topological polar surface area (TPSA) is 28.2 Å². The Morgan fingerprint density at radius 2 is 2.24 bits per heavy atom. The second-order valence-corrected chi connectivity index (χ2v) is 7.52. The maximum atomic E-state index is 6.20. The van der Waals surface area contributed by atoms with Crippen LogP contribution in [0.3, 0.4) is 0 Å². The largest absolute Gasteiger partial charge is 0.381 e. The van der Waals surface area contributed by atoms with Gasteiger partial charge in [0.1, 0.15) is 0 Å². The van der Waals surface area contributed by atoms with E-state index in [2.05, 4.69) is 51.6 Å². The van der Waals surface area contributed by atoms with E-state index in [0.29, 0.717) is 6.04 Å². The summed E-state index contributed by atoms with van der Waals surface area (Å²) in [6.45, 7) is 3.25. The molecule has 1 atom stereocenters. The van der Waals surface area contributed by atoms with Crippen LogP contribution in [0.4, 0.5) is 5.69 Å². The van der Waals surface area contributed by atoms with Crippen molar-refractivity contribution in [2.75, 3.05) is 25.0 Å². The van der Waals surface area contributed by atoms with Gasteiger partial charge in [-0.1, -0.05) is 29.8 Å². The fourth-order valence-corrected chi connectivity index (χ4v) is 4.13. The van der Waals surface area contributed by atoms with Crippen molar-refractivity contribution in [3.63, 3.8) is 0 Å². The minimum absolute atomic E-state index is 0.483. The van der Waals surface area contributed by atoms with E-state index in [1.165, 1.54) is 41.4 Å². The van der Waals surface area contributed by atoms with Gasteiger partial charge in [-0.05, 0) is 56.0 Å². The Hall–Kier alpha value is -1.84. The van der Waals surface area contributed by atoms with Gasteiger partial charge in [-0.2, -0.15) is 0 Å². The van der Waals surface area contributed by atoms with E-state index >= 15 is 0 Å². The molecule has 0 spiro atoms. The second-order valence-electron chi connectivity index (χ2n) is 7.03. The molecule has 0 saturated carbocycles. The van der Waals surface area contributed by atoms with Crippen molar-refractivity contribution >= 4 is 28.1 Å². The molecular formula is C21H24ClN3. The van der Waals surface area contributed by atoms with E-state index in [1.807, 2.05) is 12.4 Å². The van der Waals surface area contributed by atoms with Crippen LogP contribution in [0, 0.1) is 0 Å². The molecule has 3 nitrogen and oxygen atoms in total. The molecule has 2 heterocycles. The first-order valence-electron chi connectivity index (χ1n) is 9.15. The van der Waals surface area contributed by atoms with Crippen molar-refractivity contribution in [3.8, 4) is 0 Å². The van der Waals surface area contributed by atoms with Crippen LogP contribution in [0.5, 0.6) is 0 Å². The van der Waals surface area contributed by atoms with Crippen LogP contribution in [0.15, 0.2) is 59.4 Å². The Bertz CT molecular complexity index is 806. The number of nitrogens with zero attached hydrogens (tertiary/aromatic N) is 2. The molecule has 1 saturated heterocycles. The van der Waals surface area contributed by atoms with Gasteiger partial charge in [-0.3, -0.25) is 9.88 Å². The summed E-state index contributed by atoms with van der Waals surface area (Å²) in [4.78, 5) is 6.77. The number of aromatic nitrogens is 1. The number of anilines is 1. The maximum Gasteiger partial charge on any atom is 0.0423 e. The number of fused-ring (bicyclic) bond motifs is 1. The first kappa shape index (κ1) is 16.6. The highest BCUT2D eigenvalue weighted by atomic mass is 35.5. The summed E-state index contributed by atoms with van der Waals surface area (Å²) < 4.78 is 0. The molecule has 0 amide bonds. The summed E-state index contributed by atoms with van der Waals surface area (Å²) in [7, 11) is 0. The molecule has 0 radical (unpaired) electrons. The van der Waals surface area contributed by atoms with Crippen molar-refractivity contribution in [1.29, 1.82) is 0 Å². The number of pyridine rings is 1. The Kier molecular flexibility index (Phi) is 5.04. The third kappa shape index (κ3) is 4.05. The van der Waals surface area contributed by atoms with Crippen LogP contribution in [0.25, 0.3) is 10.8 Å². The number of hydrogen-bond acceptors (Lipinski definition) is 3. The molecule has 1 aromatic heterocycles. The molecule has 1 fully saturated rings. The van der Waals surface area contributed by atoms with Gasteiger partial charge in [0.15, 0.2) is 0 Å². The predicted molar refractivity (Wildman–Crippen MR) is 106 cm³/mol. The third-order valence-electron chi connectivity index (χ3n) is 5.08. The lowest BCUT2D eigenvalue weighted by atomic mass is 10.0. The molecule has 1 aliphatic carbocycles. The summed E-state index contributed by atoms with van der Waals surface area (Å²) in [5.74, 6) is 0. The molecule has 1 N–H and O–H groups in total. The van der Waals surface area contributed by atoms with Crippen molar-refractivity contribution < 1.29 is 0 Å². The SMILES string of the molecule is ClC1=CC(CN2CCCC(Nc3cccc4cnccc34)C2)=CCC1. The van der Waals surface area contributed by atoms with Gasteiger partial charge in [0.2, 0.25) is 0 Å². The second kappa shape index (κ2) is 7.59. The summed E-state index contributed by atoms with van der Waals surface area (Å²) in [6, 6.07) is 8.97. The van der Waals surface area contributed by atoms with Gasteiger partial charge < -0.3 is 5.32 Å². The number of halogens is 1. The van der Waals surface area contributed by atoms with Gasteiger partial charge in [0.25, 0.3) is 0 Å². The van der Waals surface area contributed by atoms with Crippen molar-refractivity contribution in [2.24, 2.45) is 0 Å². The molecule has 2 aromatic rings. The zero-order valence-electron chi connectivity index (χ0n) is 14.4. The van der Waals surface area contributed by atoms with Gasteiger partial charge in [0, 0.05) is 53.0 Å². The fourth-order valence-electron chi connectivity index (χ4n) is 3.88. The van der Waals surface area contributed by atoms with Crippen LogP contribution >= 0.6 is 11.6 Å². The number of rotatable bonds is 4.